The van der Waals surface area contributed by atoms with E-state index in [9.17, 15) is 45.4 Å². The van der Waals surface area contributed by atoms with Crippen molar-refractivity contribution in [3.63, 3.8) is 0 Å². The molecule has 6 N–H and O–H groups in total. The van der Waals surface area contributed by atoms with Crippen LogP contribution < -0.4 is 10.9 Å². The van der Waals surface area contributed by atoms with Crippen LogP contribution in [-0.2, 0) is 0 Å². The fourth-order valence-electron chi connectivity index (χ4n) is 2.38. The van der Waals surface area contributed by atoms with Crippen LogP contribution in [0, 0.1) is 24.0 Å². The molecule has 1 heterocycles. The predicted molar refractivity (Wildman–Crippen MR) is 91.2 cm³/mol. The zero-order chi connectivity index (χ0) is 21.3. The van der Waals surface area contributed by atoms with Gasteiger partial charge in [-0.1, -0.05) is 5.16 Å². The Kier molecular flexibility index (Phi) is 5.11. The number of nitro benzene ring substituents is 1. The average molecular weight is 394 g/mol. The first-order valence-corrected chi connectivity index (χ1v) is 7.39. The summed E-state index contributed by atoms with van der Waals surface area (Å²) in [6.07, 6.45) is 0. The maximum Gasteiger partial charge on any atom is 0.315 e. The van der Waals surface area contributed by atoms with E-state index >= 15 is 0 Å². The first-order valence-electron chi connectivity index (χ1n) is 7.39. The zero-order valence-corrected chi connectivity index (χ0v) is 14.4. The SMILES string of the molecule is Cc1c(O)c(C)n(O)c(=O)c1/C(=N\O)NC(=O)c1cc(O)c(O)c([N+](=O)[O-])c1. The molecule has 0 aliphatic carbocycles. The van der Waals surface area contributed by atoms with Crippen molar-refractivity contribution in [1.29, 1.82) is 0 Å². The molecule has 0 atom stereocenters. The number of pyridine rings is 1. The molecule has 1 aromatic carbocycles. The van der Waals surface area contributed by atoms with Crippen molar-refractivity contribution in [2.45, 2.75) is 13.8 Å². The molecule has 0 bridgehead atoms. The summed E-state index contributed by atoms with van der Waals surface area (Å²) >= 11 is 0. The van der Waals surface area contributed by atoms with Gasteiger partial charge in [-0.05, 0) is 19.9 Å². The predicted octanol–water partition coefficient (Wildman–Crippen LogP) is 0.293. The summed E-state index contributed by atoms with van der Waals surface area (Å²) in [7, 11) is 0. The summed E-state index contributed by atoms with van der Waals surface area (Å²) in [4.78, 5) is 34.4. The smallest absolute Gasteiger partial charge is 0.315 e. The Morgan fingerprint density at radius 2 is 1.82 bits per heavy atom. The lowest BCUT2D eigenvalue weighted by atomic mass is 10.1. The number of rotatable bonds is 3. The van der Waals surface area contributed by atoms with Gasteiger partial charge in [0, 0.05) is 11.6 Å². The number of nitrogens with one attached hydrogen (secondary N) is 1. The Bertz CT molecular complexity index is 1090. The number of aromatic hydroxyl groups is 3. The minimum Gasteiger partial charge on any atom is -0.506 e. The Hall–Kier alpha value is -4.29. The fraction of sp³-hybridized carbons (Fsp3) is 0.133. The number of oxime groups is 1. The number of amides is 1. The van der Waals surface area contributed by atoms with Crippen LogP contribution in [0.1, 0.15) is 27.2 Å². The van der Waals surface area contributed by atoms with Gasteiger partial charge in [0.2, 0.25) is 5.75 Å². The highest BCUT2D eigenvalue weighted by Crippen LogP contribution is 2.36. The highest BCUT2D eigenvalue weighted by molar-refractivity contribution is 6.13. The molecule has 1 aromatic heterocycles. The molecule has 0 fully saturated rings. The monoisotopic (exact) mass is 394 g/mol. The summed E-state index contributed by atoms with van der Waals surface area (Å²) in [5.74, 6) is -4.45. The van der Waals surface area contributed by atoms with E-state index in [-0.39, 0.29) is 16.0 Å². The number of carbonyl (C=O) groups excluding carboxylic acids is 1. The Balaban J connectivity index is 2.53. The summed E-state index contributed by atoms with van der Waals surface area (Å²) in [6.45, 7) is 2.49. The number of nitrogens with zero attached hydrogens (tertiary/aromatic N) is 3. The second-order valence-corrected chi connectivity index (χ2v) is 5.57. The van der Waals surface area contributed by atoms with E-state index in [1.165, 1.54) is 13.8 Å². The van der Waals surface area contributed by atoms with Crippen LogP contribution >= 0.6 is 0 Å². The van der Waals surface area contributed by atoms with Crippen molar-refractivity contribution < 1.29 is 35.5 Å². The standard InChI is InChI=1S/C15H14N4O9/c1-5-10(15(24)18(26)6(2)11(5)21)13(17-25)16-14(23)7-3-8(19(27)28)12(22)9(20)4-7/h3-4,20-22,25-26H,1-2H3,(H,16,17,23). The third kappa shape index (κ3) is 3.23. The van der Waals surface area contributed by atoms with Crippen LogP contribution in [0.2, 0.25) is 0 Å². The van der Waals surface area contributed by atoms with Crippen molar-refractivity contribution in [3.05, 3.63) is 55.0 Å². The first kappa shape index (κ1) is 20.0. The fourth-order valence-corrected chi connectivity index (χ4v) is 2.38. The van der Waals surface area contributed by atoms with Crippen molar-refractivity contribution in [3.8, 4) is 17.2 Å². The maximum absolute atomic E-state index is 12.3. The molecule has 148 valence electrons. The number of phenolic OH excluding ortho intramolecular Hbond substituents is 2. The number of benzene rings is 1. The van der Waals surface area contributed by atoms with Gasteiger partial charge in [0.1, 0.15) is 5.75 Å². The molecule has 28 heavy (non-hydrogen) atoms. The second-order valence-electron chi connectivity index (χ2n) is 5.57. The van der Waals surface area contributed by atoms with Crippen LogP contribution in [0.25, 0.3) is 0 Å². The Labute approximate surface area is 155 Å². The van der Waals surface area contributed by atoms with Gasteiger partial charge in [0.15, 0.2) is 11.6 Å². The van der Waals surface area contributed by atoms with Gasteiger partial charge in [-0.15, -0.1) is 4.73 Å². The number of hydrogen-bond donors (Lipinski definition) is 6. The molecule has 0 aliphatic heterocycles. The Morgan fingerprint density at radius 3 is 2.36 bits per heavy atom. The summed E-state index contributed by atoms with van der Waals surface area (Å²) < 4.78 is 0.0756. The van der Waals surface area contributed by atoms with E-state index in [1.54, 1.807) is 0 Å². The van der Waals surface area contributed by atoms with Crippen molar-refractivity contribution in [1.82, 2.24) is 10.0 Å². The second kappa shape index (κ2) is 7.14. The molecule has 2 aromatic rings. The molecular formula is C15H14N4O9. The zero-order valence-electron chi connectivity index (χ0n) is 14.4. The average Bonchev–Trinajstić information content (AvgIpc) is 2.65. The molecule has 0 radical (unpaired) electrons. The molecule has 0 saturated heterocycles. The third-order valence-corrected chi connectivity index (χ3v) is 3.89. The number of nitro groups is 1. The molecule has 2 rings (SSSR count). The van der Waals surface area contributed by atoms with Gasteiger partial charge in [-0.25, -0.2) is 0 Å². The van der Waals surface area contributed by atoms with E-state index in [0.29, 0.717) is 12.1 Å². The highest BCUT2D eigenvalue weighted by atomic mass is 16.6. The summed E-state index contributed by atoms with van der Waals surface area (Å²) in [5, 5.41) is 63.5. The number of amidine groups is 1. The third-order valence-electron chi connectivity index (χ3n) is 3.89. The van der Waals surface area contributed by atoms with Crippen LogP contribution in [0.15, 0.2) is 22.1 Å². The lowest BCUT2D eigenvalue weighted by Crippen LogP contribution is -2.38. The Morgan fingerprint density at radius 1 is 1.21 bits per heavy atom. The van der Waals surface area contributed by atoms with Crippen LogP contribution in [-0.4, -0.2) is 47.1 Å². The van der Waals surface area contributed by atoms with Crippen molar-refractivity contribution >= 4 is 17.4 Å². The normalized spacial score (nSPS) is 11.3. The number of aromatic nitrogens is 1. The molecule has 1 amide bonds. The molecule has 0 unspecified atom stereocenters. The number of hydrogen-bond acceptors (Lipinski definition) is 10. The topological polar surface area (TPSA) is 208 Å². The molecule has 0 spiro atoms. The van der Waals surface area contributed by atoms with Crippen LogP contribution in [0.3, 0.4) is 0 Å². The molecule has 0 saturated carbocycles. The van der Waals surface area contributed by atoms with Gasteiger partial charge in [-0.2, -0.15) is 0 Å². The quantitative estimate of drug-likeness (QED) is 0.0803. The number of phenols is 2. The van der Waals surface area contributed by atoms with Crippen molar-refractivity contribution in [2.75, 3.05) is 0 Å². The van der Waals surface area contributed by atoms with Gasteiger partial charge in [0.05, 0.1) is 21.7 Å². The van der Waals surface area contributed by atoms with Gasteiger partial charge < -0.3 is 31.1 Å². The van der Waals surface area contributed by atoms with E-state index < -0.39 is 56.3 Å². The van der Waals surface area contributed by atoms with E-state index in [0.717, 1.165) is 0 Å². The van der Waals surface area contributed by atoms with E-state index in [4.69, 9.17) is 0 Å². The molecule has 13 nitrogen and oxygen atoms in total. The molecular weight excluding hydrogens is 380 g/mol. The first-order chi connectivity index (χ1) is 13.0. The summed E-state index contributed by atoms with van der Waals surface area (Å²) in [6, 6.07) is 1.35. The van der Waals surface area contributed by atoms with Gasteiger partial charge in [0.25, 0.3) is 11.5 Å². The lowest BCUT2D eigenvalue weighted by Gasteiger charge is -2.14. The molecule has 0 aliphatic rings. The lowest BCUT2D eigenvalue weighted by molar-refractivity contribution is -0.386. The van der Waals surface area contributed by atoms with Gasteiger partial charge in [-0.3, -0.25) is 19.7 Å². The van der Waals surface area contributed by atoms with E-state index in [2.05, 4.69) is 5.16 Å². The van der Waals surface area contributed by atoms with Gasteiger partial charge >= 0.3 is 5.69 Å². The highest BCUT2D eigenvalue weighted by Gasteiger charge is 2.25. The minimum absolute atomic E-state index is 0.0756. The van der Waals surface area contributed by atoms with E-state index in [1.807, 2.05) is 5.32 Å². The minimum atomic E-state index is -1.16. The van der Waals surface area contributed by atoms with Crippen LogP contribution in [0.4, 0.5) is 5.69 Å². The largest absolute Gasteiger partial charge is 0.506 e. The van der Waals surface area contributed by atoms with Crippen LogP contribution in [0.5, 0.6) is 17.2 Å². The summed E-state index contributed by atoms with van der Waals surface area (Å²) in [5.41, 5.74) is -3.48. The maximum atomic E-state index is 12.3. The molecule has 13 heteroatoms. The number of carbonyl (C=O) groups is 1. The van der Waals surface area contributed by atoms with Crippen molar-refractivity contribution in [2.24, 2.45) is 5.16 Å².